The van der Waals surface area contributed by atoms with E-state index in [2.05, 4.69) is 14.6 Å². The Balaban J connectivity index is 2.06. The summed E-state index contributed by atoms with van der Waals surface area (Å²) in [5.74, 6) is 0. The normalized spacial score (nSPS) is 12.8. The summed E-state index contributed by atoms with van der Waals surface area (Å²) in [6.45, 7) is 0. The van der Waals surface area contributed by atoms with E-state index in [1.54, 1.807) is 12.4 Å². The van der Waals surface area contributed by atoms with Gasteiger partial charge in [0.2, 0.25) is 0 Å². The Morgan fingerprint density at radius 2 is 2.18 bits per heavy atom. The van der Waals surface area contributed by atoms with Crippen LogP contribution < -0.4 is 0 Å². The fourth-order valence-electron chi connectivity index (χ4n) is 1.71. The molecule has 5 heteroatoms. The number of hydrogen-bond acceptors (Lipinski definition) is 5. The van der Waals surface area contributed by atoms with Crippen LogP contribution in [0.4, 0.5) is 0 Å². The van der Waals surface area contributed by atoms with Gasteiger partial charge in [-0.2, -0.15) is 0 Å². The van der Waals surface area contributed by atoms with E-state index in [1.165, 1.54) is 11.5 Å². The third-order valence-electron chi connectivity index (χ3n) is 2.59. The molecule has 0 radical (unpaired) electrons. The van der Waals surface area contributed by atoms with Crippen molar-refractivity contribution < 1.29 is 5.11 Å². The molecule has 4 nitrogen and oxygen atoms in total. The van der Waals surface area contributed by atoms with E-state index in [1.807, 2.05) is 30.3 Å². The zero-order chi connectivity index (χ0) is 11.7. The second-order valence-electron chi connectivity index (χ2n) is 3.68. The minimum atomic E-state index is -0.679. The number of benzene rings is 1. The summed E-state index contributed by atoms with van der Waals surface area (Å²) < 4.78 is 3.75. The highest BCUT2D eigenvalue weighted by Crippen LogP contribution is 2.25. The Hall–Kier alpha value is -1.85. The molecule has 0 saturated heterocycles. The van der Waals surface area contributed by atoms with Crippen molar-refractivity contribution in [2.24, 2.45) is 0 Å². The minimum Gasteiger partial charge on any atom is -0.383 e. The summed E-state index contributed by atoms with van der Waals surface area (Å²) >= 11 is 1.20. The molecule has 0 spiro atoms. The van der Waals surface area contributed by atoms with Crippen LogP contribution in [0.5, 0.6) is 0 Å². The summed E-state index contributed by atoms with van der Waals surface area (Å²) in [5, 5.41) is 14.9. The van der Waals surface area contributed by atoms with Gasteiger partial charge in [-0.05, 0) is 29.2 Å². The molecule has 0 fully saturated rings. The van der Waals surface area contributed by atoms with Crippen molar-refractivity contribution in [1.82, 2.24) is 14.6 Å². The fraction of sp³-hybridized carbons (Fsp3) is 0.0833. The zero-order valence-corrected chi connectivity index (χ0v) is 9.63. The van der Waals surface area contributed by atoms with Crippen LogP contribution in [0.2, 0.25) is 0 Å². The number of aromatic nitrogens is 3. The summed E-state index contributed by atoms with van der Waals surface area (Å²) in [5.41, 5.74) is 1.68. The molecular formula is C12H9N3OS. The van der Waals surface area contributed by atoms with Gasteiger partial charge in [-0.3, -0.25) is 4.98 Å². The molecule has 0 aliphatic carbocycles. The molecule has 84 valence electrons. The molecule has 0 saturated carbocycles. The lowest BCUT2D eigenvalue weighted by molar-refractivity contribution is 0.224. The fourth-order valence-corrected chi connectivity index (χ4v) is 2.23. The zero-order valence-electron chi connectivity index (χ0n) is 8.82. The van der Waals surface area contributed by atoms with Crippen molar-refractivity contribution in [1.29, 1.82) is 0 Å². The summed E-state index contributed by atoms with van der Waals surface area (Å²) in [7, 11) is 0. The molecule has 1 unspecified atom stereocenters. The third kappa shape index (κ3) is 1.90. The van der Waals surface area contributed by atoms with E-state index in [9.17, 15) is 5.11 Å². The maximum atomic E-state index is 10.1. The average Bonchev–Trinajstić information content (AvgIpc) is 2.91. The van der Waals surface area contributed by atoms with Crippen molar-refractivity contribution in [2.75, 3.05) is 0 Å². The predicted octanol–water partition coefficient (Wildman–Crippen LogP) is 2.17. The Bertz CT molecular complexity index is 639. The van der Waals surface area contributed by atoms with Gasteiger partial charge in [0.1, 0.15) is 6.10 Å². The third-order valence-corrected chi connectivity index (χ3v) is 3.31. The Labute approximate surface area is 102 Å². The smallest absolute Gasteiger partial charge is 0.116 e. The highest BCUT2D eigenvalue weighted by Gasteiger charge is 2.13. The van der Waals surface area contributed by atoms with E-state index < -0.39 is 6.10 Å². The van der Waals surface area contributed by atoms with Gasteiger partial charge in [-0.25, -0.2) is 0 Å². The van der Waals surface area contributed by atoms with Crippen LogP contribution in [0.3, 0.4) is 0 Å². The molecule has 2 heterocycles. The van der Waals surface area contributed by atoms with Crippen molar-refractivity contribution in [3.8, 4) is 0 Å². The maximum Gasteiger partial charge on any atom is 0.116 e. The van der Waals surface area contributed by atoms with Crippen LogP contribution in [0.25, 0.3) is 10.9 Å². The predicted molar refractivity (Wildman–Crippen MR) is 65.7 cm³/mol. The molecule has 0 bridgehead atoms. The maximum absolute atomic E-state index is 10.1. The quantitative estimate of drug-likeness (QED) is 0.749. The SMILES string of the molecule is OC(c1ccc2cccnc2c1)c1cnns1. The largest absolute Gasteiger partial charge is 0.383 e. The lowest BCUT2D eigenvalue weighted by Gasteiger charge is -2.08. The number of aliphatic hydroxyl groups is 1. The number of pyridine rings is 1. The number of fused-ring (bicyclic) bond motifs is 1. The molecule has 0 amide bonds. The highest BCUT2D eigenvalue weighted by atomic mass is 32.1. The van der Waals surface area contributed by atoms with Crippen molar-refractivity contribution in [3.05, 3.63) is 53.2 Å². The highest BCUT2D eigenvalue weighted by molar-refractivity contribution is 7.05. The molecule has 2 aromatic heterocycles. The van der Waals surface area contributed by atoms with Crippen LogP contribution >= 0.6 is 11.5 Å². The number of rotatable bonds is 2. The first-order valence-corrected chi connectivity index (χ1v) is 5.92. The first kappa shape index (κ1) is 10.3. The van der Waals surface area contributed by atoms with E-state index in [0.717, 1.165) is 21.3 Å². The molecule has 1 N–H and O–H groups in total. The van der Waals surface area contributed by atoms with Gasteiger partial charge in [0.15, 0.2) is 0 Å². The Morgan fingerprint density at radius 3 is 3.00 bits per heavy atom. The van der Waals surface area contributed by atoms with Gasteiger partial charge < -0.3 is 5.11 Å². The molecule has 0 aliphatic heterocycles. The van der Waals surface area contributed by atoms with Crippen LogP contribution in [-0.4, -0.2) is 19.7 Å². The lowest BCUT2D eigenvalue weighted by Crippen LogP contribution is -1.97. The Morgan fingerprint density at radius 1 is 1.24 bits per heavy atom. The lowest BCUT2D eigenvalue weighted by atomic mass is 10.1. The van der Waals surface area contributed by atoms with Crippen molar-refractivity contribution in [2.45, 2.75) is 6.10 Å². The number of nitrogens with zero attached hydrogens (tertiary/aromatic N) is 3. The molecule has 3 aromatic rings. The molecule has 0 aliphatic rings. The first-order valence-electron chi connectivity index (χ1n) is 5.14. The number of hydrogen-bond donors (Lipinski definition) is 1. The summed E-state index contributed by atoms with van der Waals surface area (Å²) in [6.07, 6.45) is 2.64. The molecular weight excluding hydrogens is 234 g/mol. The standard InChI is InChI=1S/C12H9N3OS/c16-12(11-7-14-15-17-11)9-4-3-8-2-1-5-13-10(8)6-9/h1-7,12,16H. The second-order valence-corrected chi connectivity index (χ2v) is 4.50. The summed E-state index contributed by atoms with van der Waals surface area (Å²) in [4.78, 5) is 5.00. The second kappa shape index (κ2) is 4.20. The van der Waals surface area contributed by atoms with Gasteiger partial charge in [0.25, 0.3) is 0 Å². The van der Waals surface area contributed by atoms with E-state index >= 15 is 0 Å². The van der Waals surface area contributed by atoms with Crippen LogP contribution in [0.15, 0.2) is 42.7 Å². The monoisotopic (exact) mass is 243 g/mol. The van der Waals surface area contributed by atoms with Gasteiger partial charge >= 0.3 is 0 Å². The van der Waals surface area contributed by atoms with Gasteiger partial charge in [-0.1, -0.05) is 22.7 Å². The van der Waals surface area contributed by atoms with Gasteiger partial charge in [-0.15, -0.1) is 5.10 Å². The van der Waals surface area contributed by atoms with E-state index in [4.69, 9.17) is 0 Å². The van der Waals surface area contributed by atoms with Crippen LogP contribution in [0, 0.1) is 0 Å². The van der Waals surface area contributed by atoms with E-state index in [0.29, 0.717) is 0 Å². The Kier molecular flexibility index (Phi) is 2.55. The van der Waals surface area contributed by atoms with Crippen LogP contribution in [-0.2, 0) is 0 Å². The topological polar surface area (TPSA) is 58.9 Å². The van der Waals surface area contributed by atoms with Crippen LogP contribution in [0.1, 0.15) is 16.5 Å². The molecule has 17 heavy (non-hydrogen) atoms. The van der Waals surface area contributed by atoms with E-state index in [-0.39, 0.29) is 0 Å². The molecule has 1 atom stereocenters. The first-order chi connectivity index (χ1) is 8.34. The minimum absolute atomic E-state index is 0.679. The molecule has 3 rings (SSSR count). The molecule has 1 aromatic carbocycles. The van der Waals surface area contributed by atoms with Gasteiger partial charge in [0.05, 0.1) is 16.6 Å². The number of aliphatic hydroxyl groups excluding tert-OH is 1. The van der Waals surface area contributed by atoms with Crippen molar-refractivity contribution in [3.63, 3.8) is 0 Å². The van der Waals surface area contributed by atoms with Gasteiger partial charge in [0, 0.05) is 11.6 Å². The summed E-state index contributed by atoms with van der Waals surface area (Å²) in [6, 6.07) is 9.63. The van der Waals surface area contributed by atoms with Crippen molar-refractivity contribution >= 4 is 22.4 Å². The average molecular weight is 243 g/mol.